The highest BCUT2D eigenvalue weighted by Crippen LogP contribution is 2.22. The molecular weight excluding hydrogens is 314 g/mol. The number of hydrogen-bond acceptors (Lipinski definition) is 3. The molecule has 0 saturated heterocycles. The Labute approximate surface area is 117 Å². The van der Waals surface area contributed by atoms with Gasteiger partial charge in [-0.15, -0.1) is 0 Å². The van der Waals surface area contributed by atoms with Crippen molar-refractivity contribution in [2.75, 3.05) is 5.32 Å². The number of aryl methyl sites for hydroxylation is 1. The van der Waals surface area contributed by atoms with Gasteiger partial charge in [-0.1, -0.05) is 0 Å². The maximum Gasteiger partial charge on any atom is 0.336 e. The van der Waals surface area contributed by atoms with Gasteiger partial charge in [0.05, 0.1) is 17.4 Å². The molecule has 1 aromatic heterocycles. The van der Waals surface area contributed by atoms with E-state index < -0.39 is 5.97 Å². The first kappa shape index (κ1) is 13.4. The van der Waals surface area contributed by atoms with E-state index in [1.165, 1.54) is 12.3 Å². The normalized spacial score (nSPS) is 10.2. The third-order valence-corrected chi connectivity index (χ3v) is 3.25. The molecular formula is C13H10BrNO4. The molecule has 1 heterocycles. The minimum absolute atomic E-state index is 0.0849. The number of furan rings is 1. The Kier molecular flexibility index (Phi) is 3.71. The lowest BCUT2D eigenvalue weighted by Crippen LogP contribution is -2.12. The fourth-order valence-electron chi connectivity index (χ4n) is 1.59. The van der Waals surface area contributed by atoms with Crippen molar-refractivity contribution >= 4 is 33.5 Å². The first-order chi connectivity index (χ1) is 8.99. The summed E-state index contributed by atoms with van der Waals surface area (Å²) >= 11 is 3.14. The van der Waals surface area contributed by atoms with Gasteiger partial charge < -0.3 is 14.8 Å². The summed E-state index contributed by atoms with van der Waals surface area (Å²) in [6.45, 7) is 1.68. The summed E-state index contributed by atoms with van der Waals surface area (Å²) in [7, 11) is 0. The van der Waals surface area contributed by atoms with Crippen molar-refractivity contribution < 1.29 is 19.1 Å². The van der Waals surface area contributed by atoms with E-state index in [2.05, 4.69) is 21.2 Å². The van der Waals surface area contributed by atoms with Crippen LogP contribution in [0.4, 0.5) is 5.69 Å². The Morgan fingerprint density at radius 1 is 1.26 bits per heavy atom. The molecule has 0 fully saturated rings. The van der Waals surface area contributed by atoms with Crippen LogP contribution in [0, 0.1) is 6.92 Å². The van der Waals surface area contributed by atoms with Gasteiger partial charge in [0.1, 0.15) is 5.76 Å². The molecule has 2 N–H and O–H groups in total. The minimum atomic E-state index is -1.07. The maximum atomic E-state index is 11.9. The van der Waals surface area contributed by atoms with Gasteiger partial charge in [0.25, 0.3) is 5.91 Å². The zero-order valence-electron chi connectivity index (χ0n) is 9.94. The molecule has 0 aliphatic carbocycles. The van der Waals surface area contributed by atoms with Gasteiger partial charge in [-0.2, -0.15) is 0 Å². The Hall–Kier alpha value is -2.08. The van der Waals surface area contributed by atoms with Crippen LogP contribution in [0.25, 0.3) is 0 Å². The second-order valence-corrected chi connectivity index (χ2v) is 4.70. The molecule has 1 amide bonds. The van der Waals surface area contributed by atoms with Gasteiger partial charge >= 0.3 is 5.97 Å². The van der Waals surface area contributed by atoms with Crippen LogP contribution in [0.15, 0.2) is 39.4 Å². The predicted octanol–water partition coefficient (Wildman–Crippen LogP) is 3.30. The number of anilines is 1. The molecule has 0 saturated carbocycles. The average Bonchev–Trinajstić information content (AvgIpc) is 2.77. The van der Waals surface area contributed by atoms with Crippen LogP contribution in [-0.4, -0.2) is 17.0 Å². The molecule has 19 heavy (non-hydrogen) atoms. The fourth-order valence-corrected chi connectivity index (χ4v) is 2.00. The molecule has 1 aromatic carbocycles. The van der Waals surface area contributed by atoms with Crippen LogP contribution in [0.3, 0.4) is 0 Å². The lowest BCUT2D eigenvalue weighted by Gasteiger charge is -2.06. The van der Waals surface area contributed by atoms with Crippen LogP contribution >= 0.6 is 15.9 Å². The predicted molar refractivity (Wildman–Crippen MR) is 72.5 cm³/mol. The van der Waals surface area contributed by atoms with E-state index in [9.17, 15) is 9.59 Å². The zero-order valence-corrected chi connectivity index (χ0v) is 11.5. The van der Waals surface area contributed by atoms with E-state index >= 15 is 0 Å². The summed E-state index contributed by atoms with van der Waals surface area (Å²) < 4.78 is 5.50. The number of rotatable bonds is 3. The van der Waals surface area contributed by atoms with Crippen molar-refractivity contribution in [2.45, 2.75) is 6.92 Å². The number of aromatic carboxylic acids is 1. The standard InChI is InChI=1S/C13H10BrNO4/c1-7-9(4-5-19-7)12(16)15-8-2-3-11(14)10(6-8)13(17)18/h2-6H,1H3,(H,15,16)(H,17,18). The Morgan fingerprint density at radius 3 is 2.58 bits per heavy atom. The zero-order chi connectivity index (χ0) is 14.0. The van der Waals surface area contributed by atoms with Crippen LogP contribution in [0.1, 0.15) is 26.5 Å². The highest BCUT2D eigenvalue weighted by molar-refractivity contribution is 9.10. The second-order valence-electron chi connectivity index (χ2n) is 3.84. The third-order valence-electron chi connectivity index (χ3n) is 2.56. The summed E-state index contributed by atoms with van der Waals surface area (Å²) in [6.07, 6.45) is 1.43. The molecule has 2 aromatic rings. The van der Waals surface area contributed by atoms with Crippen molar-refractivity contribution in [1.29, 1.82) is 0 Å². The molecule has 0 aliphatic rings. The fraction of sp³-hybridized carbons (Fsp3) is 0.0769. The van der Waals surface area contributed by atoms with Crippen molar-refractivity contribution in [3.63, 3.8) is 0 Å². The number of carboxylic acids is 1. The number of nitrogens with one attached hydrogen (secondary N) is 1. The number of halogens is 1. The number of carboxylic acid groups (broad SMARTS) is 1. The molecule has 2 rings (SSSR count). The van der Waals surface area contributed by atoms with Gasteiger partial charge in [-0.3, -0.25) is 4.79 Å². The monoisotopic (exact) mass is 323 g/mol. The lowest BCUT2D eigenvalue weighted by molar-refractivity contribution is 0.0695. The van der Waals surface area contributed by atoms with Gasteiger partial charge in [-0.25, -0.2) is 4.79 Å². The summed E-state index contributed by atoms with van der Waals surface area (Å²) in [4.78, 5) is 22.9. The number of benzene rings is 1. The molecule has 0 radical (unpaired) electrons. The number of carbonyl (C=O) groups excluding carboxylic acids is 1. The van der Waals surface area contributed by atoms with Gasteiger partial charge in [-0.05, 0) is 47.1 Å². The van der Waals surface area contributed by atoms with Crippen LogP contribution in [0.5, 0.6) is 0 Å². The molecule has 0 atom stereocenters. The highest BCUT2D eigenvalue weighted by Gasteiger charge is 2.14. The second kappa shape index (κ2) is 5.27. The SMILES string of the molecule is Cc1occc1C(=O)Nc1ccc(Br)c(C(=O)O)c1. The summed E-state index contributed by atoms with van der Waals surface area (Å²) in [5, 5.41) is 11.6. The number of carbonyl (C=O) groups is 2. The summed E-state index contributed by atoms with van der Waals surface area (Å²) in [6, 6.07) is 6.13. The van der Waals surface area contributed by atoms with E-state index in [0.717, 1.165) is 0 Å². The van der Waals surface area contributed by atoms with Crippen molar-refractivity contribution in [2.24, 2.45) is 0 Å². The molecule has 0 spiro atoms. The first-order valence-electron chi connectivity index (χ1n) is 5.37. The van der Waals surface area contributed by atoms with E-state index in [1.54, 1.807) is 25.1 Å². The van der Waals surface area contributed by atoms with Gasteiger partial charge in [0.2, 0.25) is 0 Å². The summed E-state index contributed by atoms with van der Waals surface area (Å²) in [5.74, 6) is -0.902. The molecule has 0 aliphatic heterocycles. The molecule has 5 nitrogen and oxygen atoms in total. The van der Waals surface area contributed by atoms with E-state index in [4.69, 9.17) is 9.52 Å². The Bertz CT molecular complexity index is 648. The van der Waals surface area contributed by atoms with Crippen LogP contribution < -0.4 is 5.32 Å². The topological polar surface area (TPSA) is 79.5 Å². The maximum absolute atomic E-state index is 11.9. The molecule has 0 bridgehead atoms. The van der Waals surface area contributed by atoms with Gasteiger partial charge in [0, 0.05) is 10.2 Å². The van der Waals surface area contributed by atoms with E-state index in [1.807, 2.05) is 0 Å². The third kappa shape index (κ3) is 2.85. The molecule has 98 valence electrons. The lowest BCUT2D eigenvalue weighted by atomic mass is 10.2. The molecule has 0 unspecified atom stereocenters. The first-order valence-corrected chi connectivity index (χ1v) is 6.16. The number of amides is 1. The smallest absolute Gasteiger partial charge is 0.336 e. The van der Waals surface area contributed by atoms with Crippen LogP contribution in [-0.2, 0) is 0 Å². The minimum Gasteiger partial charge on any atom is -0.478 e. The highest BCUT2D eigenvalue weighted by atomic mass is 79.9. The van der Waals surface area contributed by atoms with Gasteiger partial charge in [0.15, 0.2) is 0 Å². The van der Waals surface area contributed by atoms with Crippen molar-refractivity contribution in [3.05, 3.63) is 51.9 Å². The van der Waals surface area contributed by atoms with E-state index in [-0.39, 0.29) is 11.5 Å². The van der Waals surface area contributed by atoms with Crippen LogP contribution in [0.2, 0.25) is 0 Å². The quantitative estimate of drug-likeness (QED) is 0.908. The summed E-state index contributed by atoms with van der Waals surface area (Å²) in [5.41, 5.74) is 0.910. The average molecular weight is 324 g/mol. The Morgan fingerprint density at radius 2 is 2.00 bits per heavy atom. The Balaban J connectivity index is 2.25. The molecule has 6 heteroatoms. The van der Waals surface area contributed by atoms with E-state index in [0.29, 0.717) is 21.5 Å². The van der Waals surface area contributed by atoms with Crippen molar-refractivity contribution in [1.82, 2.24) is 0 Å². The number of hydrogen-bond donors (Lipinski definition) is 2. The largest absolute Gasteiger partial charge is 0.478 e. The van der Waals surface area contributed by atoms with Crippen molar-refractivity contribution in [3.8, 4) is 0 Å².